The molecule has 2 N–H and O–H groups in total. The van der Waals surface area contributed by atoms with Crippen LogP contribution in [0.2, 0.25) is 5.02 Å². The number of carbonyl (C=O) groups excluding carboxylic acids is 2. The molecule has 48 heavy (non-hydrogen) atoms. The highest BCUT2D eigenvalue weighted by molar-refractivity contribution is 7.15. The smallest absolute Gasteiger partial charge is 0.427 e. The number of piperidine rings is 1. The summed E-state index contributed by atoms with van der Waals surface area (Å²) in [6.07, 6.45) is -3.03. The number of thiazole rings is 1. The van der Waals surface area contributed by atoms with Gasteiger partial charge in [-0.1, -0.05) is 23.7 Å². The number of alkyl halides is 3. The lowest BCUT2D eigenvalue weighted by Gasteiger charge is -2.33. The van der Waals surface area contributed by atoms with E-state index in [1.165, 1.54) is 11.5 Å². The number of hydrogen-bond donors (Lipinski definition) is 2. The number of rotatable bonds is 10. The maximum absolute atomic E-state index is 14.2. The molecule has 2 aromatic carbocycles. The van der Waals surface area contributed by atoms with Crippen molar-refractivity contribution in [1.29, 1.82) is 0 Å². The standard InChI is InChI=1S/C32H31ClF3N5O6S/c1-17(15-42)30(44)46-9-7-27-39-25-11-22(28-37-13-26(48-28)32(34,35)36)24(38-20-6-8-40-21(10-20)16-47-31(40)45)12-23(25)29(43)41(27)14-18-2-4-19(33)5-3-18/h2-5,11-13,17,20-21,38,42H,6-10,14-16H2,1H3/t17?,20-,21-/m0/s1. The Morgan fingerprint density at radius 2 is 2.02 bits per heavy atom. The van der Waals surface area contributed by atoms with Crippen LogP contribution >= 0.6 is 22.9 Å². The van der Waals surface area contributed by atoms with Gasteiger partial charge in [-0.25, -0.2) is 14.8 Å². The van der Waals surface area contributed by atoms with Crippen molar-refractivity contribution in [1.82, 2.24) is 19.4 Å². The molecule has 0 saturated carbocycles. The molecule has 2 fully saturated rings. The van der Waals surface area contributed by atoms with Gasteiger partial charge in [0.1, 0.15) is 22.3 Å². The topological polar surface area (TPSA) is 136 Å². The van der Waals surface area contributed by atoms with Crippen LogP contribution in [-0.2, 0) is 33.4 Å². The zero-order valence-corrected chi connectivity index (χ0v) is 27.2. The highest BCUT2D eigenvalue weighted by atomic mass is 35.5. The molecule has 11 nitrogen and oxygen atoms in total. The average molecular weight is 706 g/mol. The minimum absolute atomic E-state index is 0.0498. The van der Waals surface area contributed by atoms with Crippen LogP contribution in [0.15, 0.2) is 47.4 Å². The summed E-state index contributed by atoms with van der Waals surface area (Å²) in [7, 11) is 0. The third-order valence-electron chi connectivity index (χ3n) is 8.40. The summed E-state index contributed by atoms with van der Waals surface area (Å²) in [5, 5.41) is 13.5. The molecule has 1 amide bonds. The van der Waals surface area contributed by atoms with Gasteiger partial charge in [-0.3, -0.25) is 14.2 Å². The lowest BCUT2D eigenvalue weighted by Crippen LogP contribution is -2.45. The molecule has 2 aliphatic heterocycles. The van der Waals surface area contributed by atoms with Crippen LogP contribution in [0.1, 0.15) is 36.0 Å². The van der Waals surface area contributed by atoms with Gasteiger partial charge in [0.25, 0.3) is 5.56 Å². The first-order valence-corrected chi connectivity index (χ1v) is 16.4. The van der Waals surface area contributed by atoms with E-state index < -0.39 is 28.5 Å². The Morgan fingerprint density at radius 3 is 2.73 bits per heavy atom. The van der Waals surface area contributed by atoms with E-state index in [1.807, 2.05) is 0 Å². The van der Waals surface area contributed by atoms with E-state index in [-0.39, 0.29) is 72.7 Å². The number of nitrogens with one attached hydrogen (secondary N) is 1. The summed E-state index contributed by atoms with van der Waals surface area (Å²) < 4.78 is 52.7. The van der Waals surface area contributed by atoms with Crippen LogP contribution in [-0.4, -0.2) is 75.1 Å². The van der Waals surface area contributed by atoms with Crippen molar-refractivity contribution in [2.75, 3.05) is 31.7 Å². The molecular weight excluding hydrogens is 675 g/mol. The van der Waals surface area contributed by atoms with Crippen molar-refractivity contribution in [3.63, 3.8) is 0 Å². The first kappa shape index (κ1) is 33.7. The molecule has 6 rings (SSSR count). The predicted octanol–water partition coefficient (Wildman–Crippen LogP) is 5.35. The van der Waals surface area contributed by atoms with Crippen LogP contribution < -0.4 is 10.9 Å². The number of esters is 1. The van der Waals surface area contributed by atoms with Crippen LogP contribution in [0, 0.1) is 5.92 Å². The molecule has 2 saturated heterocycles. The van der Waals surface area contributed by atoms with Crippen molar-refractivity contribution >= 4 is 51.6 Å². The van der Waals surface area contributed by atoms with Crippen LogP contribution in [0.3, 0.4) is 0 Å². The first-order chi connectivity index (χ1) is 22.9. The van der Waals surface area contributed by atoms with Gasteiger partial charge in [-0.05, 0) is 49.6 Å². The third-order valence-corrected chi connectivity index (χ3v) is 9.72. The number of fused-ring (bicyclic) bond motifs is 2. The number of ether oxygens (including phenoxy) is 2. The largest absolute Gasteiger partial charge is 0.465 e. The minimum Gasteiger partial charge on any atom is -0.465 e. The Kier molecular flexibility index (Phi) is 9.63. The molecule has 254 valence electrons. The molecule has 4 aromatic rings. The number of hydrogen-bond acceptors (Lipinski definition) is 10. The first-order valence-electron chi connectivity index (χ1n) is 15.2. The molecule has 0 spiro atoms. The fourth-order valence-electron chi connectivity index (χ4n) is 5.78. The second kappa shape index (κ2) is 13.7. The summed E-state index contributed by atoms with van der Waals surface area (Å²) in [6, 6.07) is 9.75. The van der Waals surface area contributed by atoms with Gasteiger partial charge in [0.15, 0.2) is 0 Å². The lowest BCUT2D eigenvalue weighted by molar-refractivity contribution is -0.149. The summed E-state index contributed by atoms with van der Waals surface area (Å²) in [5.74, 6) is -1.05. The SMILES string of the molecule is CC(CO)C(=O)OCCc1nc2cc(-c3ncc(C(F)(F)F)s3)c(N[C@H]3CCN4C(=O)OC[C@@H]4C3)cc2c(=O)n1Cc1ccc(Cl)cc1. The van der Waals surface area contributed by atoms with E-state index in [4.69, 9.17) is 26.1 Å². The second-order valence-corrected chi connectivity index (χ2v) is 13.2. The number of nitrogens with zero attached hydrogens (tertiary/aromatic N) is 4. The molecule has 2 aromatic heterocycles. The van der Waals surface area contributed by atoms with Gasteiger partial charge in [0.2, 0.25) is 0 Å². The molecule has 0 radical (unpaired) electrons. The maximum atomic E-state index is 14.2. The summed E-state index contributed by atoms with van der Waals surface area (Å²) in [4.78, 5) is 48.1. The Hall–Kier alpha value is -4.21. The molecular formula is C32H31ClF3N5O6S. The zero-order chi connectivity index (χ0) is 34.2. The molecule has 0 bridgehead atoms. The molecule has 0 aliphatic carbocycles. The van der Waals surface area contributed by atoms with E-state index in [0.29, 0.717) is 47.0 Å². The van der Waals surface area contributed by atoms with Gasteiger partial charge in [-0.2, -0.15) is 13.2 Å². The van der Waals surface area contributed by atoms with E-state index >= 15 is 0 Å². The van der Waals surface area contributed by atoms with Crippen molar-refractivity contribution in [3.05, 3.63) is 74.2 Å². The number of benzene rings is 2. The van der Waals surface area contributed by atoms with Gasteiger partial charge in [0.05, 0.1) is 48.8 Å². The molecule has 4 heterocycles. The Bertz CT molecular complexity index is 1900. The van der Waals surface area contributed by atoms with Gasteiger partial charge in [0, 0.05) is 35.3 Å². The van der Waals surface area contributed by atoms with E-state index in [1.54, 1.807) is 41.3 Å². The molecule has 16 heteroatoms. The molecule has 3 atom stereocenters. The van der Waals surface area contributed by atoms with Crippen molar-refractivity contribution in [2.24, 2.45) is 5.92 Å². The number of anilines is 1. The fourth-order valence-corrected chi connectivity index (χ4v) is 6.72. The molecule has 1 unspecified atom stereocenters. The van der Waals surface area contributed by atoms with Crippen LogP contribution in [0.5, 0.6) is 0 Å². The number of aliphatic hydroxyl groups is 1. The zero-order valence-electron chi connectivity index (χ0n) is 25.6. The second-order valence-electron chi connectivity index (χ2n) is 11.8. The Labute approximate surface area is 281 Å². The Morgan fingerprint density at radius 1 is 1.25 bits per heavy atom. The number of carbonyl (C=O) groups is 2. The summed E-state index contributed by atoms with van der Waals surface area (Å²) >= 11 is 6.55. The minimum atomic E-state index is -4.59. The number of aromatic nitrogens is 3. The van der Waals surface area contributed by atoms with Crippen molar-refractivity contribution in [2.45, 2.75) is 51.0 Å². The third kappa shape index (κ3) is 7.12. The number of halogens is 4. The quantitative estimate of drug-likeness (QED) is 0.209. The predicted molar refractivity (Wildman–Crippen MR) is 172 cm³/mol. The van der Waals surface area contributed by atoms with Crippen LogP contribution in [0.25, 0.3) is 21.5 Å². The van der Waals surface area contributed by atoms with E-state index in [0.717, 1.165) is 11.8 Å². The van der Waals surface area contributed by atoms with Crippen molar-refractivity contribution < 1.29 is 37.3 Å². The lowest BCUT2D eigenvalue weighted by atomic mass is 9.97. The van der Waals surface area contributed by atoms with E-state index in [2.05, 4.69) is 10.3 Å². The average Bonchev–Trinajstić information content (AvgIpc) is 3.71. The van der Waals surface area contributed by atoms with Gasteiger partial charge in [-0.15, -0.1) is 11.3 Å². The van der Waals surface area contributed by atoms with Crippen LogP contribution in [0.4, 0.5) is 23.7 Å². The van der Waals surface area contributed by atoms with E-state index in [9.17, 15) is 32.7 Å². The van der Waals surface area contributed by atoms with Gasteiger partial charge >= 0.3 is 18.2 Å². The maximum Gasteiger partial charge on any atom is 0.427 e. The van der Waals surface area contributed by atoms with Crippen molar-refractivity contribution in [3.8, 4) is 10.6 Å². The number of aliphatic hydroxyl groups excluding tert-OH is 1. The fraction of sp³-hybridized carbons (Fsp3) is 0.406. The normalized spacial score (nSPS) is 18.5. The monoisotopic (exact) mass is 705 g/mol. The molecule has 2 aliphatic rings. The summed E-state index contributed by atoms with van der Waals surface area (Å²) in [6.45, 7) is 1.83. The van der Waals surface area contributed by atoms with Gasteiger partial charge < -0.3 is 24.8 Å². The summed E-state index contributed by atoms with van der Waals surface area (Å²) in [5.41, 5.74) is 1.32. The Balaban J connectivity index is 1.43. The highest BCUT2D eigenvalue weighted by Gasteiger charge is 2.38. The number of amides is 1. The number of cyclic esters (lactones) is 1. The highest BCUT2D eigenvalue weighted by Crippen LogP contribution is 2.40.